The summed E-state index contributed by atoms with van der Waals surface area (Å²) in [4.78, 5) is 10.4. The highest BCUT2D eigenvalue weighted by Crippen LogP contribution is 2.51. The molecule has 1 aliphatic rings. The molecular formula is C16H20O. The molecule has 0 N–H and O–H groups in total. The molecule has 0 spiro atoms. The first kappa shape index (κ1) is 12.1. The second-order valence-electron chi connectivity index (χ2n) is 6.10. The van der Waals surface area contributed by atoms with Gasteiger partial charge in [0.25, 0.3) is 0 Å². The van der Waals surface area contributed by atoms with E-state index in [0.717, 1.165) is 18.3 Å². The molecule has 1 aromatic rings. The molecule has 1 heteroatoms. The van der Waals surface area contributed by atoms with Crippen molar-refractivity contribution in [3.8, 4) is 0 Å². The van der Waals surface area contributed by atoms with Gasteiger partial charge in [-0.15, -0.1) is 0 Å². The highest BCUT2D eigenvalue weighted by atomic mass is 16.1. The summed E-state index contributed by atoms with van der Waals surface area (Å²) in [6.07, 6.45) is 5.37. The Balaban J connectivity index is 2.49. The molecule has 0 saturated carbocycles. The number of carbonyl (C=O) groups excluding carboxylic acids is 1. The molecule has 0 heterocycles. The van der Waals surface area contributed by atoms with Crippen LogP contribution in [-0.2, 0) is 16.6 Å². The lowest BCUT2D eigenvalue weighted by Gasteiger charge is -2.35. The van der Waals surface area contributed by atoms with Crippen LogP contribution in [0.15, 0.2) is 24.3 Å². The van der Waals surface area contributed by atoms with E-state index in [1.807, 2.05) is 6.08 Å². The molecule has 0 bridgehead atoms. The van der Waals surface area contributed by atoms with Crippen LogP contribution in [0, 0.1) is 5.41 Å². The van der Waals surface area contributed by atoms with E-state index in [2.05, 4.69) is 45.9 Å². The van der Waals surface area contributed by atoms with Crippen molar-refractivity contribution in [3.63, 3.8) is 0 Å². The molecule has 0 aliphatic heterocycles. The molecule has 1 aliphatic carbocycles. The van der Waals surface area contributed by atoms with Gasteiger partial charge in [-0.1, -0.05) is 52.0 Å². The van der Waals surface area contributed by atoms with Crippen LogP contribution in [-0.4, -0.2) is 6.29 Å². The molecule has 1 aromatic carbocycles. The number of hydrogen-bond donors (Lipinski definition) is 0. The maximum Gasteiger partial charge on any atom is 0.142 e. The SMILES string of the molecule is CC1(C)Cc2ccc(C=CC=O)cc2C1(C)C. The zero-order valence-electron chi connectivity index (χ0n) is 11.1. The third kappa shape index (κ3) is 1.84. The van der Waals surface area contributed by atoms with Crippen LogP contribution in [0.4, 0.5) is 0 Å². The van der Waals surface area contributed by atoms with Crippen molar-refractivity contribution < 1.29 is 4.79 Å². The lowest BCUT2D eigenvalue weighted by atomic mass is 9.68. The first-order chi connectivity index (χ1) is 7.88. The predicted molar refractivity (Wildman–Crippen MR) is 72.1 cm³/mol. The van der Waals surface area contributed by atoms with Gasteiger partial charge in [0.1, 0.15) is 6.29 Å². The highest BCUT2D eigenvalue weighted by molar-refractivity contribution is 5.74. The van der Waals surface area contributed by atoms with Crippen molar-refractivity contribution in [2.45, 2.75) is 39.5 Å². The Labute approximate surface area is 104 Å². The Bertz CT molecular complexity index is 478. The molecular weight excluding hydrogens is 208 g/mol. The molecule has 0 unspecified atom stereocenters. The topological polar surface area (TPSA) is 17.1 Å². The highest BCUT2D eigenvalue weighted by Gasteiger charge is 2.45. The number of hydrogen-bond acceptors (Lipinski definition) is 1. The van der Waals surface area contributed by atoms with Crippen molar-refractivity contribution in [1.29, 1.82) is 0 Å². The van der Waals surface area contributed by atoms with Gasteiger partial charge in [0.05, 0.1) is 0 Å². The van der Waals surface area contributed by atoms with Gasteiger partial charge in [-0.3, -0.25) is 4.79 Å². The van der Waals surface area contributed by atoms with E-state index in [0.29, 0.717) is 5.41 Å². The molecule has 90 valence electrons. The Morgan fingerprint density at radius 3 is 2.53 bits per heavy atom. The second kappa shape index (κ2) is 3.83. The van der Waals surface area contributed by atoms with Crippen LogP contribution in [0.5, 0.6) is 0 Å². The van der Waals surface area contributed by atoms with Crippen LogP contribution in [0.3, 0.4) is 0 Å². The molecule has 2 rings (SSSR count). The van der Waals surface area contributed by atoms with E-state index >= 15 is 0 Å². The van der Waals surface area contributed by atoms with Crippen LogP contribution in [0.2, 0.25) is 0 Å². The molecule has 0 aromatic heterocycles. The molecule has 0 amide bonds. The summed E-state index contributed by atoms with van der Waals surface area (Å²) >= 11 is 0. The summed E-state index contributed by atoms with van der Waals surface area (Å²) in [5, 5.41) is 0. The largest absolute Gasteiger partial charge is 0.299 e. The van der Waals surface area contributed by atoms with Crippen LogP contribution in [0.1, 0.15) is 44.4 Å². The Hall–Kier alpha value is -1.37. The van der Waals surface area contributed by atoms with Gasteiger partial charge in [0, 0.05) is 0 Å². The number of carbonyl (C=O) groups is 1. The lowest BCUT2D eigenvalue weighted by molar-refractivity contribution is -0.104. The van der Waals surface area contributed by atoms with E-state index in [9.17, 15) is 4.79 Å². The van der Waals surface area contributed by atoms with E-state index in [4.69, 9.17) is 0 Å². The molecule has 0 radical (unpaired) electrons. The quantitative estimate of drug-likeness (QED) is 0.556. The average Bonchev–Trinajstić information content (AvgIpc) is 2.43. The third-order valence-corrected chi connectivity index (χ3v) is 4.50. The number of fused-ring (bicyclic) bond motifs is 1. The van der Waals surface area contributed by atoms with Gasteiger partial charge in [-0.2, -0.15) is 0 Å². The summed E-state index contributed by atoms with van der Waals surface area (Å²) < 4.78 is 0. The van der Waals surface area contributed by atoms with E-state index in [1.54, 1.807) is 6.08 Å². The molecule has 0 fully saturated rings. The van der Waals surface area contributed by atoms with Crippen molar-refractivity contribution in [3.05, 3.63) is 41.0 Å². The fourth-order valence-corrected chi connectivity index (χ4v) is 2.65. The molecule has 0 atom stereocenters. The summed E-state index contributed by atoms with van der Waals surface area (Å²) in [7, 11) is 0. The number of benzene rings is 1. The van der Waals surface area contributed by atoms with E-state index in [-0.39, 0.29) is 5.41 Å². The normalized spacial score (nSPS) is 20.5. The van der Waals surface area contributed by atoms with E-state index < -0.39 is 0 Å². The first-order valence-electron chi connectivity index (χ1n) is 6.14. The summed E-state index contributed by atoms with van der Waals surface area (Å²) in [5.74, 6) is 0. The van der Waals surface area contributed by atoms with Crippen molar-refractivity contribution in [2.75, 3.05) is 0 Å². The second-order valence-corrected chi connectivity index (χ2v) is 6.10. The zero-order valence-corrected chi connectivity index (χ0v) is 11.1. The fourth-order valence-electron chi connectivity index (χ4n) is 2.65. The lowest BCUT2D eigenvalue weighted by Crippen LogP contribution is -2.32. The Morgan fingerprint density at radius 2 is 1.88 bits per heavy atom. The fraction of sp³-hybridized carbons (Fsp3) is 0.438. The number of rotatable bonds is 2. The Kier molecular flexibility index (Phi) is 2.73. The maximum absolute atomic E-state index is 10.4. The standard InChI is InChI=1S/C16H20O/c1-15(2)11-13-8-7-12(6-5-9-17)10-14(13)16(15,3)4/h5-10H,11H2,1-4H3. The number of allylic oxidation sites excluding steroid dienone is 1. The van der Waals surface area contributed by atoms with Crippen LogP contribution >= 0.6 is 0 Å². The molecule has 1 nitrogen and oxygen atoms in total. The van der Waals surface area contributed by atoms with Gasteiger partial charge in [-0.25, -0.2) is 0 Å². The predicted octanol–water partition coefficient (Wildman–Crippen LogP) is 3.76. The summed E-state index contributed by atoms with van der Waals surface area (Å²) in [6.45, 7) is 9.28. The van der Waals surface area contributed by atoms with Gasteiger partial charge >= 0.3 is 0 Å². The van der Waals surface area contributed by atoms with Gasteiger partial charge < -0.3 is 0 Å². The Morgan fingerprint density at radius 1 is 1.18 bits per heavy atom. The minimum Gasteiger partial charge on any atom is -0.299 e. The van der Waals surface area contributed by atoms with Gasteiger partial charge in [-0.05, 0) is 40.0 Å². The van der Waals surface area contributed by atoms with Crippen molar-refractivity contribution >= 4 is 12.4 Å². The third-order valence-electron chi connectivity index (χ3n) is 4.50. The molecule has 0 saturated heterocycles. The smallest absolute Gasteiger partial charge is 0.142 e. The minimum absolute atomic E-state index is 0.188. The van der Waals surface area contributed by atoms with Gasteiger partial charge in [0.15, 0.2) is 0 Å². The van der Waals surface area contributed by atoms with Gasteiger partial charge in [0.2, 0.25) is 0 Å². The van der Waals surface area contributed by atoms with Crippen LogP contribution in [0.25, 0.3) is 6.08 Å². The van der Waals surface area contributed by atoms with E-state index in [1.165, 1.54) is 11.1 Å². The summed E-state index contributed by atoms with van der Waals surface area (Å²) in [6, 6.07) is 6.52. The number of aldehydes is 1. The van der Waals surface area contributed by atoms with Crippen molar-refractivity contribution in [1.82, 2.24) is 0 Å². The van der Waals surface area contributed by atoms with Crippen LogP contribution < -0.4 is 0 Å². The summed E-state index contributed by atoms with van der Waals surface area (Å²) in [5.41, 5.74) is 4.47. The maximum atomic E-state index is 10.4. The monoisotopic (exact) mass is 228 g/mol. The first-order valence-corrected chi connectivity index (χ1v) is 6.14. The average molecular weight is 228 g/mol. The van der Waals surface area contributed by atoms with Crippen molar-refractivity contribution in [2.24, 2.45) is 5.41 Å². The zero-order chi connectivity index (χ0) is 12.7. The minimum atomic E-state index is 0.188. The molecule has 17 heavy (non-hydrogen) atoms.